The third kappa shape index (κ3) is 6.32. The normalized spacial score (nSPS) is 12.3. The van der Waals surface area contributed by atoms with Crippen LogP contribution in [0.5, 0.6) is 17.4 Å². The second kappa shape index (κ2) is 11.7. The molecule has 1 unspecified atom stereocenters. The summed E-state index contributed by atoms with van der Waals surface area (Å²) in [5.41, 5.74) is 0.595. The Kier molecular flexibility index (Phi) is 8.79. The molecule has 3 aromatic rings. The standard InChI is InChI=1S/C26H32N4O7S/c1-7-16(4)29-38(34,35)22-14-19(27-24(31)18-9-8-10-20(13-18)36-6)11-12-21(22)37-25-17(5)23(26(32)33)28-30(25)15(2)3/h8-16,29H,7H2,1-6H3,(H,27,31)(H,32,33). The summed E-state index contributed by atoms with van der Waals surface area (Å²) >= 11 is 0. The van der Waals surface area contributed by atoms with Gasteiger partial charge in [-0.1, -0.05) is 13.0 Å². The molecule has 3 N–H and O–H groups in total. The number of aromatic nitrogens is 2. The fraction of sp³-hybridized carbons (Fsp3) is 0.346. The van der Waals surface area contributed by atoms with Crippen molar-refractivity contribution in [2.75, 3.05) is 12.4 Å². The van der Waals surface area contributed by atoms with Gasteiger partial charge in [0.05, 0.1) is 13.2 Å². The summed E-state index contributed by atoms with van der Waals surface area (Å²) in [4.78, 5) is 24.3. The number of nitrogens with zero attached hydrogens (tertiary/aromatic N) is 2. The van der Waals surface area contributed by atoms with E-state index in [-0.39, 0.29) is 45.6 Å². The van der Waals surface area contributed by atoms with Gasteiger partial charge in [-0.3, -0.25) is 4.79 Å². The molecule has 0 bridgehead atoms. The summed E-state index contributed by atoms with van der Waals surface area (Å²) in [6.07, 6.45) is 0.545. The minimum atomic E-state index is -4.10. The first kappa shape index (κ1) is 28.7. The topological polar surface area (TPSA) is 149 Å². The number of carboxylic acid groups (broad SMARTS) is 1. The number of aromatic carboxylic acids is 1. The number of methoxy groups -OCH3 is 1. The zero-order valence-corrected chi connectivity index (χ0v) is 22.9. The second-order valence-electron chi connectivity index (χ2n) is 9.00. The average molecular weight is 545 g/mol. The number of carbonyl (C=O) groups is 2. The highest BCUT2D eigenvalue weighted by Crippen LogP contribution is 2.35. The van der Waals surface area contributed by atoms with Crippen LogP contribution in [0.1, 0.15) is 66.6 Å². The van der Waals surface area contributed by atoms with E-state index in [0.717, 1.165) is 0 Å². The van der Waals surface area contributed by atoms with Crippen LogP contribution < -0.4 is 19.5 Å². The number of carboxylic acids is 1. The number of ether oxygens (including phenoxy) is 2. The van der Waals surface area contributed by atoms with Gasteiger partial charge in [-0.25, -0.2) is 22.6 Å². The summed E-state index contributed by atoms with van der Waals surface area (Å²) in [6, 6.07) is 10.1. The molecule has 0 radical (unpaired) electrons. The van der Waals surface area contributed by atoms with Crippen molar-refractivity contribution in [2.24, 2.45) is 0 Å². The van der Waals surface area contributed by atoms with Crippen molar-refractivity contribution in [3.05, 3.63) is 59.3 Å². The number of amides is 1. The minimum absolute atomic E-state index is 0.0537. The maximum atomic E-state index is 13.4. The molecular formula is C26H32N4O7S. The molecule has 1 aromatic heterocycles. The first-order valence-corrected chi connectivity index (χ1v) is 13.5. The molecule has 0 aliphatic heterocycles. The van der Waals surface area contributed by atoms with E-state index in [0.29, 0.717) is 17.7 Å². The van der Waals surface area contributed by atoms with E-state index < -0.39 is 21.9 Å². The molecular weight excluding hydrogens is 512 g/mol. The van der Waals surface area contributed by atoms with E-state index in [1.165, 1.54) is 30.0 Å². The van der Waals surface area contributed by atoms with Crippen LogP contribution in [0.4, 0.5) is 5.69 Å². The molecule has 0 aliphatic carbocycles. The van der Waals surface area contributed by atoms with E-state index in [1.807, 2.05) is 6.92 Å². The number of nitrogens with one attached hydrogen (secondary N) is 2. The van der Waals surface area contributed by atoms with Crippen molar-refractivity contribution >= 4 is 27.6 Å². The molecule has 2 aromatic carbocycles. The van der Waals surface area contributed by atoms with Gasteiger partial charge in [0.15, 0.2) is 5.69 Å². The molecule has 0 spiro atoms. The van der Waals surface area contributed by atoms with Gasteiger partial charge in [-0.05, 0) is 70.5 Å². The lowest BCUT2D eigenvalue weighted by Crippen LogP contribution is -2.32. The molecule has 38 heavy (non-hydrogen) atoms. The molecule has 0 aliphatic rings. The monoisotopic (exact) mass is 544 g/mol. The van der Waals surface area contributed by atoms with Gasteiger partial charge in [-0.15, -0.1) is 0 Å². The van der Waals surface area contributed by atoms with Crippen LogP contribution in [0.2, 0.25) is 0 Å². The lowest BCUT2D eigenvalue weighted by molar-refractivity contribution is 0.0688. The highest BCUT2D eigenvalue weighted by Gasteiger charge is 2.27. The molecule has 204 valence electrons. The maximum Gasteiger partial charge on any atom is 0.356 e. The minimum Gasteiger partial charge on any atom is -0.497 e. The van der Waals surface area contributed by atoms with E-state index in [2.05, 4.69) is 15.1 Å². The fourth-order valence-electron chi connectivity index (χ4n) is 3.54. The average Bonchev–Trinajstić information content (AvgIpc) is 3.20. The van der Waals surface area contributed by atoms with Gasteiger partial charge >= 0.3 is 5.97 Å². The molecule has 0 saturated carbocycles. The Hall–Kier alpha value is -3.90. The number of hydrogen-bond acceptors (Lipinski definition) is 7. The first-order chi connectivity index (χ1) is 17.9. The quantitative estimate of drug-likeness (QED) is 0.317. The van der Waals surface area contributed by atoms with E-state index in [1.54, 1.807) is 52.0 Å². The van der Waals surface area contributed by atoms with Crippen molar-refractivity contribution in [1.82, 2.24) is 14.5 Å². The molecule has 1 amide bonds. The highest BCUT2D eigenvalue weighted by molar-refractivity contribution is 7.89. The van der Waals surface area contributed by atoms with E-state index in [4.69, 9.17) is 9.47 Å². The fourth-order valence-corrected chi connectivity index (χ4v) is 5.02. The Balaban J connectivity index is 2.08. The molecule has 3 rings (SSSR count). The predicted molar refractivity (Wildman–Crippen MR) is 142 cm³/mol. The van der Waals surface area contributed by atoms with Crippen LogP contribution in [-0.2, 0) is 10.0 Å². The van der Waals surface area contributed by atoms with Gasteiger partial charge in [0.1, 0.15) is 16.4 Å². The molecule has 0 fully saturated rings. The van der Waals surface area contributed by atoms with Crippen LogP contribution in [0.15, 0.2) is 47.4 Å². The summed E-state index contributed by atoms with van der Waals surface area (Å²) < 4.78 is 41.9. The third-order valence-electron chi connectivity index (χ3n) is 5.78. The summed E-state index contributed by atoms with van der Waals surface area (Å²) in [7, 11) is -2.61. The Labute approximate surface area is 221 Å². The smallest absolute Gasteiger partial charge is 0.356 e. The van der Waals surface area contributed by atoms with Gasteiger partial charge in [0.25, 0.3) is 5.91 Å². The summed E-state index contributed by atoms with van der Waals surface area (Å²) in [5, 5.41) is 16.3. The highest BCUT2D eigenvalue weighted by atomic mass is 32.2. The van der Waals surface area contributed by atoms with Gasteiger partial charge in [-0.2, -0.15) is 5.10 Å². The zero-order valence-electron chi connectivity index (χ0n) is 22.1. The summed E-state index contributed by atoms with van der Waals surface area (Å²) in [5.74, 6) is -1.14. The second-order valence-corrected chi connectivity index (χ2v) is 10.7. The van der Waals surface area contributed by atoms with Crippen LogP contribution >= 0.6 is 0 Å². The Morgan fingerprint density at radius 1 is 1.13 bits per heavy atom. The van der Waals surface area contributed by atoms with Gasteiger partial charge in [0.2, 0.25) is 15.9 Å². The van der Waals surface area contributed by atoms with Crippen molar-refractivity contribution in [2.45, 2.75) is 58.0 Å². The lowest BCUT2D eigenvalue weighted by atomic mass is 10.2. The largest absolute Gasteiger partial charge is 0.497 e. The predicted octanol–water partition coefficient (Wildman–Crippen LogP) is 4.60. The number of benzene rings is 2. The molecule has 0 saturated heterocycles. The first-order valence-electron chi connectivity index (χ1n) is 12.0. The van der Waals surface area contributed by atoms with Crippen LogP contribution in [0.25, 0.3) is 0 Å². The molecule has 1 heterocycles. The van der Waals surface area contributed by atoms with Crippen LogP contribution in [-0.4, -0.2) is 48.3 Å². The van der Waals surface area contributed by atoms with E-state index >= 15 is 0 Å². The zero-order chi connectivity index (χ0) is 28.2. The van der Waals surface area contributed by atoms with Crippen molar-refractivity contribution in [3.63, 3.8) is 0 Å². The van der Waals surface area contributed by atoms with Gasteiger partial charge in [0, 0.05) is 22.9 Å². The Bertz CT molecular complexity index is 1450. The molecule has 12 heteroatoms. The number of hydrogen-bond donors (Lipinski definition) is 3. The third-order valence-corrected chi connectivity index (χ3v) is 7.39. The maximum absolute atomic E-state index is 13.4. The van der Waals surface area contributed by atoms with Crippen molar-refractivity contribution < 1.29 is 32.6 Å². The Morgan fingerprint density at radius 2 is 1.84 bits per heavy atom. The number of carbonyl (C=O) groups excluding carboxylic acids is 1. The van der Waals surface area contributed by atoms with Crippen molar-refractivity contribution in [3.8, 4) is 17.4 Å². The van der Waals surface area contributed by atoms with E-state index in [9.17, 15) is 23.1 Å². The lowest BCUT2D eigenvalue weighted by Gasteiger charge is -2.18. The van der Waals surface area contributed by atoms with Crippen LogP contribution in [0.3, 0.4) is 0 Å². The summed E-state index contributed by atoms with van der Waals surface area (Å²) in [6.45, 7) is 8.70. The van der Waals surface area contributed by atoms with Crippen molar-refractivity contribution in [1.29, 1.82) is 0 Å². The molecule has 1 atom stereocenters. The number of rotatable bonds is 11. The SMILES string of the molecule is CCC(C)NS(=O)(=O)c1cc(NC(=O)c2cccc(OC)c2)ccc1Oc1c(C)c(C(=O)O)nn1C(C)C. The number of sulfonamides is 1. The number of anilines is 1. The van der Waals surface area contributed by atoms with Crippen LogP contribution in [0, 0.1) is 6.92 Å². The molecule has 11 nitrogen and oxygen atoms in total. The van der Waals surface area contributed by atoms with Gasteiger partial charge < -0.3 is 19.9 Å². The Morgan fingerprint density at radius 3 is 2.45 bits per heavy atom.